The van der Waals surface area contributed by atoms with Crippen LogP contribution < -0.4 is 0 Å². The first-order chi connectivity index (χ1) is 11.2. The van der Waals surface area contributed by atoms with Crippen molar-refractivity contribution in [3.8, 4) is 0 Å². The minimum absolute atomic E-state index is 0.100. The number of aromatic nitrogens is 1. The molecule has 0 aliphatic carbocycles. The number of hydrogen-bond donors (Lipinski definition) is 0. The van der Waals surface area contributed by atoms with Gasteiger partial charge in [0.05, 0.1) is 5.56 Å². The molecule has 4 heteroatoms. The summed E-state index contributed by atoms with van der Waals surface area (Å²) in [6.45, 7) is 0. The van der Waals surface area contributed by atoms with Crippen molar-refractivity contribution >= 4 is 5.91 Å². The fourth-order valence-corrected chi connectivity index (χ4v) is 4.15. The summed E-state index contributed by atoms with van der Waals surface area (Å²) in [4.78, 5) is 18.9. The monoisotopic (exact) mass is 310 g/mol. The van der Waals surface area contributed by atoms with E-state index in [0.29, 0.717) is 11.5 Å². The summed E-state index contributed by atoms with van der Waals surface area (Å²) >= 11 is 0. The van der Waals surface area contributed by atoms with E-state index in [4.69, 9.17) is 0 Å². The van der Waals surface area contributed by atoms with E-state index >= 15 is 0 Å². The number of carbonyl (C=O) groups is 1. The highest BCUT2D eigenvalue weighted by molar-refractivity contribution is 5.94. The van der Waals surface area contributed by atoms with E-state index in [9.17, 15) is 9.18 Å². The number of amides is 1. The van der Waals surface area contributed by atoms with Gasteiger partial charge in [0.15, 0.2) is 0 Å². The second-order valence-corrected chi connectivity index (χ2v) is 6.56. The van der Waals surface area contributed by atoms with Gasteiger partial charge < -0.3 is 4.90 Å². The molecule has 1 aromatic heterocycles. The largest absolute Gasteiger partial charge is 0.333 e. The van der Waals surface area contributed by atoms with Gasteiger partial charge in [-0.25, -0.2) is 4.39 Å². The van der Waals surface area contributed by atoms with Crippen LogP contribution in [0.25, 0.3) is 0 Å². The Balaban J connectivity index is 1.54. The molecule has 2 aromatic rings. The fraction of sp³-hybridized carbons (Fsp3) is 0.368. The van der Waals surface area contributed by atoms with Crippen LogP contribution in [0.3, 0.4) is 0 Å². The molecule has 0 N–H and O–H groups in total. The number of fused-ring (bicyclic) bond motifs is 2. The van der Waals surface area contributed by atoms with Crippen molar-refractivity contribution in [3.05, 3.63) is 65.7 Å². The second-order valence-electron chi connectivity index (χ2n) is 6.56. The fourth-order valence-electron chi connectivity index (χ4n) is 4.15. The zero-order chi connectivity index (χ0) is 15.8. The Kier molecular flexibility index (Phi) is 3.60. The van der Waals surface area contributed by atoms with Crippen LogP contribution in [0.4, 0.5) is 4.39 Å². The predicted octanol–water partition coefficient (Wildman–Crippen LogP) is 3.77. The summed E-state index contributed by atoms with van der Waals surface area (Å²) in [5.41, 5.74) is 1.86. The molecule has 0 saturated carbocycles. The SMILES string of the molecule is O=C(c1cccnc1)N1[C@@H]2CC[C@@H]1CC(c1ccc(F)cc1)C2. The molecule has 2 saturated heterocycles. The molecule has 0 spiro atoms. The van der Waals surface area contributed by atoms with Crippen LogP contribution in [0, 0.1) is 5.82 Å². The first-order valence-corrected chi connectivity index (χ1v) is 8.20. The van der Waals surface area contributed by atoms with Crippen molar-refractivity contribution in [2.24, 2.45) is 0 Å². The van der Waals surface area contributed by atoms with Crippen LogP contribution in [-0.2, 0) is 0 Å². The van der Waals surface area contributed by atoms with E-state index in [1.165, 1.54) is 17.7 Å². The maximum atomic E-state index is 13.1. The molecule has 0 radical (unpaired) electrons. The third-order valence-electron chi connectivity index (χ3n) is 5.22. The third kappa shape index (κ3) is 2.62. The summed E-state index contributed by atoms with van der Waals surface area (Å²) in [6, 6.07) is 11.1. The van der Waals surface area contributed by atoms with E-state index in [1.807, 2.05) is 18.2 Å². The lowest BCUT2D eigenvalue weighted by Gasteiger charge is -2.39. The molecule has 2 atom stereocenters. The van der Waals surface area contributed by atoms with Gasteiger partial charge in [0.25, 0.3) is 5.91 Å². The quantitative estimate of drug-likeness (QED) is 0.846. The van der Waals surface area contributed by atoms with Crippen molar-refractivity contribution in [2.45, 2.75) is 43.7 Å². The Hall–Kier alpha value is -2.23. The average Bonchev–Trinajstić information content (AvgIpc) is 2.85. The number of rotatable bonds is 2. The van der Waals surface area contributed by atoms with Gasteiger partial charge in [-0.3, -0.25) is 9.78 Å². The number of piperidine rings is 1. The molecule has 2 bridgehead atoms. The summed E-state index contributed by atoms with van der Waals surface area (Å²) in [5, 5.41) is 0. The van der Waals surface area contributed by atoms with E-state index < -0.39 is 0 Å². The highest BCUT2D eigenvalue weighted by atomic mass is 19.1. The molecule has 3 heterocycles. The highest BCUT2D eigenvalue weighted by Crippen LogP contribution is 2.43. The molecule has 23 heavy (non-hydrogen) atoms. The molecule has 2 aliphatic heterocycles. The first kappa shape index (κ1) is 14.4. The van der Waals surface area contributed by atoms with Crippen LogP contribution in [0.15, 0.2) is 48.8 Å². The van der Waals surface area contributed by atoms with Crippen LogP contribution in [0.2, 0.25) is 0 Å². The zero-order valence-electron chi connectivity index (χ0n) is 12.9. The van der Waals surface area contributed by atoms with Crippen molar-refractivity contribution < 1.29 is 9.18 Å². The molecular weight excluding hydrogens is 291 g/mol. The van der Waals surface area contributed by atoms with Crippen molar-refractivity contribution in [3.63, 3.8) is 0 Å². The molecule has 3 nitrogen and oxygen atoms in total. The summed E-state index contributed by atoms with van der Waals surface area (Å²) in [5.74, 6) is 0.329. The van der Waals surface area contributed by atoms with E-state index in [2.05, 4.69) is 9.88 Å². The Morgan fingerprint density at radius 2 is 1.78 bits per heavy atom. The van der Waals surface area contributed by atoms with Gasteiger partial charge in [0.1, 0.15) is 5.82 Å². The second kappa shape index (κ2) is 5.76. The average molecular weight is 310 g/mol. The highest BCUT2D eigenvalue weighted by Gasteiger charge is 2.43. The first-order valence-electron chi connectivity index (χ1n) is 8.20. The van der Waals surface area contributed by atoms with Crippen molar-refractivity contribution in [2.75, 3.05) is 0 Å². The number of hydrogen-bond acceptors (Lipinski definition) is 2. The molecule has 2 aliphatic rings. The molecule has 1 amide bonds. The Morgan fingerprint density at radius 1 is 1.09 bits per heavy atom. The van der Waals surface area contributed by atoms with Gasteiger partial charge in [0, 0.05) is 24.5 Å². The number of nitrogens with zero attached hydrogens (tertiary/aromatic N) is 2. The van der Waals surface area contributed by atoms with Crippen LogP contribution >= 0.6 is 0 Å². The zero-order valence-corrected chi connectivity index (χ0v) is 12.9. The number of benzene rings is 1. The summed E-state index contributed by atoms with van der Waals surface area (Å²) < 4.78 is 13.1. The van der Waals surface area contributed by atoms with E-state index in [-0.39, 0.29) is 23.8 Å². The van der Waals surface area contributed by atoms with Gasteiger partial charge in [-0.2, -0.15) is 0 Å². The Labute approximate surface area is 135 Å². The maximum Gasteiger partial charge on any atom is 0.255 e. The lowest BCUT2D eigenvalue weighted by Crippen LogP contribution is -2.46. The predicted molar refractivity (Wildman–Crippen MR) is 85.6 cm³/mol. The number of pyridine rings is 1. The number of halogens is 1. The molecule has 1 aromatic carbocycles. The molecule has 4 rings (SSSR count). The summed E-state index contributed by atoms with van der Waals surface area (Å²) in [6.07, 6.45) is 7.39. The minimum Gasteiger partial charge on any atom is -0.333 e. The standard InChI is InChI=1S/C19H19FN2O/c20-16-5-3-13(4-6-16)15-10-17-7-8-18(11-15)22(17)19(23)14-2-1-9-21-12-14/h1-6,9,12,15,17-18H,7-8,10-11H2/t17-,18-/m1/s1. The van der Waals surface area contributed by atoms with Gasteiger partial charge in [-0.1, -0.05) is 12.1 Å². The number of carbonyl (C=O) groups excluding carboxylic acids is 1. The summed E-state index contributed by atoms with van der Waals surface area (Å²) in [7, 11) is 0. The van der Waals surface area contributed by atoms with Crippen LogP contribution in [0.5, 0.6) is 0 Å². The van der Waals surface area contributed by atoms with E-state index in [0.717, 1.165) is 25.7 Å². The van der Waals surface area contributed by atoms with E-state index in [1.54, 1.807) is 18.5 Å². The van der Waals surface area contributed by atoms with Crippen molar-refractivity contribution in [1.29, 1.82) is 0 Å². The van der Waals surface area contributed by atoms with Gasteiger partial charge in [0.2, 0.25) is 0 Å². The minimum atomic E-state index is -0.194. The lowest BCUT2D eigenvalue weighted by molar-refractivity contribution is 0.0571. The van der Waals surface area contributed by atoms with Crippen LogP contribution in [-0.4, -0.2) is 27.9 Å². The maximum absolute atomic E-state index is 13.1. The molecular formula is C19H19FN2O. The normalized spacial score (nSPS) is 26.3. The third-order valence-corrected chi connectivity index (χ3v) is 5.22. The molecule has 2 fully saturated rings. The lowest BCUT2D eigenvalue weighted by atomic mass is 9.85. The molecule has 0 unspecified atom stereocenters. The Bertz CT molecular complexity index is 687. The van der Waals surface area contributed by atoms with Gasteiger partial charge in [-0.05, 0) is 61.4 Å². The Morgan fingerprint density at radius 3 is 2.39 bits per heavy atom. The van der Waals surface area contributed by atoms with Gasteiger partial charge >= 0.3 is 0 Å². The van der Waals surface area contributed by atoms with Crippen LogP contribution in [0.1, 0.15) is 47.5 Å². The smallest absolute Gasteiger partial charge is 0.255 e. The topological polar surface area (TPSA) is 33.2 Å². The van der Waals surface area contributed by atoms with Crippen molar-refractivity contribution in [1.82, 2.24) is 9.88 Å². The molecule has 118 valence electrons. The van der Waals surface area contributed by atoms with Gasteiger partial charge in [-0.15, -0.1) is 0 Å².